The van der Waals surface area contributed by atoms with E-state index in [0.29, 0.717) is 22.4 Å². The van der Waals surface area contributed by atoms with E-state index in [0.717, 1.165) is 5.56 Å². The normalized spacial score (nSPS) is 10.4. The molecule has 0 unspecified atom stereocenters. The first-order chi connectivity index (χ1) is 9.54. The van der Waals surface area contributed by atoms with Crippen LogP contribution in [0.15, 0.2) is 40.9 Å². The summed E-state index contributed by atoms with van der Waals surface area (Å²) in [6, 6.07) is 9.78. The summed E-state index contributed by atoms with van der Waals surface area (Å²) < 4.78 is 19.8. The third kappa shape index (κ3) is 2.90. The molecule has 4 heteroatoms. The molecule has 0 aliphatic carbocycles. The maximum atomic E-state index is 13.9. The molecule has 0 aliphatic rings. The number of ketones is 1. The number of hydrogen-bond acceptors (Lipinski definition) is 2. The second-order valence-corrected chi connectivity index (χ2v) is 5.21. The van der Waals surface area contributed by atoms with Gasteiger partial charge in [0.1, 0.15) is 11.6 Å². The highest BCUT2D eigenvalue weighted by molar-refractivity contribution is 9.10. The van der Waals surface area contributed by atoms with E-state index in [1.54, 1.807) is 24.3 Å². The van der Waals surface area contributed by atoms with Crippen molar-refractivity contribution in [2.45, 2.75) is 13.8 Å². The molecule has 0 aromatic heterocycles. The Morgan fingerprint density at radius 2 is 2.05 bits per heavy atom. The van der Waals surface area contributed by atoms with E-state index in [9.17, 15) is 9.18 Å². The molecule has 2 rings (SSSR count). The first-order valence-corrected chi connectivity index (χ1v) is 7.06. The zero-order chi connectivity index (χ0) is 14.7. The van der Waals surface area contributed by atoms with Crippen LogP contribution in [-0.4, -0.2) is 12.4 Å². The third-order valence-electron chi connectivity index (χ3n) is 2.87. The fraction of sp³-hybridized carbons (Fsp3) is 0.188. The molecule has 0 fully saturated rings. The van der Waals surface area contributed by atoms with Crippen LogP contribution in [0.3, 0.4) is 0 Å². The maximum absolute atomic E-state index is 13.9. The summed E-state index contributed by atoms with van der Waals surface area (Å²) in [7, 11) is 0. The zero-order valence-electron chi connectivity index (χ0n) is 11.2. The molecule has 0 radical (unpaired) electrons. The average molecular weight is 337 g/mol. The molecule has 2 aromatic carbocycles. The van der Waals surface area contributed by atoms with Crippen molar-refractivity contribution in [2.75, 3.05) is 6.61 Å². The van der Waals surface area contributed by atoms with Gasteiger partial charge in [-0.15, -0.1) is 0 Å². The standard InChI is InChI=1S/C16H14BrFO2/c1-3-20-14-8-7-10(2)9-11(14)16(19)15-12(17)5-4-6-13(15)18/h4-9H,3H2,1-2H3. The van der Waals surface area contributed by atoms with E-state index in [1.165, 1.54) is 6.07 Å². The molecule has 0 spiro atoms. The van der Waals surface area contributed by atoms with Gasteiger partial charge in [0.15, 0.2) is 0 Å². The molecule has 0 amide bonds. The van der Waals surface area contributed by atoms with Gasteiger partial charge >= 0.3 is 0 Å². The van der Waals surface area contributed by atoms with Gasteiger partial charge in [-0.05, 0) is 54.0 Å². The van der Waals surface area contributed by atoms with E-state index in [-0.39, 0.29) is 11.3 Å². The van der Waals surface area contributed by atoms with Crippen molar-refractivity contribution in [3.05, 3.63) is 63.4 Å². The van der Waals surface area contributed by atoms with Gasteiger partial charge in [0.25, 0.3) is 0 Å². The maximum Gasteiger partial charge on any atom is 0.200 e. The van der Waals surface area contributed by atoms with Crippen LogP contribution >= 0.6 is 15.9 Å². The number of halogens is 2. The van der Waals surface area contributed by atoms with Crippen LogP contribution in [0, 0.1) is 12.7 Å². The lowest BCUT2D eigenvalue weighted by molar-refractivity contribution is 0.103. The molecule has 20 heavy (non-hydrogen) atoms. The third-order valence-corrected chi connectivity index (χ3v) is 3.53. The fourth-order valence-electron chi connectivity index (χ4n) is 1.95. The minimum atomic E-state index is -0.548. The minimum Gasteiger partial charge on any atom is -0.493 e. The van der Waals surface area contributed by atoms with Crippen LogP contribution in [0.5, 0.6) is 5.75 Å². The van der Waals surface area contributed by atoms with Crippen LogP contribution in [-0.2, 0) is 0 Å². The van der Waals surface area contributed by atoms with Gasteiger partial charge in [-0.1, -0.05) is 17.7 Å². The number of hydrogen-bond donors (Lipinski definition) is 0. The molecule has 0 N–H and O–H groups in total. The SMILES string of the molecule is CCOc1ccc(C)cc1C(=O)c1c(F)cccc1Br. The monoisotopic (exact) mass is 336 g/mol. The second-order valence-electron chi connectivity index (χ2n) is 4.36. The van der Waals surface area contributed by atoms with Gasteiger partial charge in [-0.25, -0.2) is 4.39 Å². The van der Waals surface area contributed by atoms with E-state index in [1.807, 2.05) is 19.9 Å². The lowest BCUT2D eigenvalue weighted by atomic mass is 10.00. The Morgan fingerprint density at radius 1 is 1.30 bits per heavy atom. The van der Waals surface area contributed by atoms with Crippen LogP contribution in [0.1, 0.15) is 28.4 Å². The van der Waals surface area contributed by atoms with Crippen molar-refractivity contribution >= 4 is 21.7 Å². The van der Waals surface area contributed by atoms with Gasteiger partial charge in [0, 0.05) is 4.47 Å². The number of rotatable bonds is 4. The smallest absolute Gasteiger partial charge is 0.200 e. The summed E-state index contributed by atoms with van der Waals surface area (Å²) in [4.78, 5) is 12.6. The molecule has 0 bridgehead atoms. The van der Waals surface area contributed by atoms with Gasteiger partial charge in [-0.3, -0.25) is 4.79 Å². The largest absolute Gasteiger partial charge is 0.493 e. The average Bonchev–Trinajstić information content (AvgIpc) is 2.40. The predicted octanol–water partition coefficient (Wildman–Crippen LogP) is 4.53. The molecule has 0 saturated carbocycles. The van der Waals surface area contributed by atoms with Crippen molar-refractivity contribution in [3.8, 4) is 5.75 Å². The Morgan fingerprint density at radius 3 is 2.70 bits per heavy atom. The summed E-state index contributed by atoms with van der Waals surface area (Å²) in [5.74, 6) is -0.464. The number of aryl methyl sites for hydroxylation is 1. The number of carbonyl (C=O) groups excluding carboxylic acids is 1. The van der Waals surface area contributed by atoms with Crippen LogP contribution in [0.2, 0.25) is 0 Å². The molecular weight excluding hydrogens is 323 g/mol. The van der Waals surface area contributed by atoms with Crippen LogP contribution in [0.25, 0.3) is 0 Å². The van der Waals surface area contributed by atoms with Crippen molar-refractivity contribution in [3.63, 3.8) is 0 Å². The van der Waals surface area contributed by atoms with Crippen molar-refractivity contribution in [1.82, 2.24) is 0 Å². The van der Waals surface area contributed by atoms with Crippen LogP contribution in [0.4, 0.5) is 4.39 Å². The Kier molecular flexibility index (Phi) is 4.55. The predicted molar refractivity (Wildman–Crippen MR) is 79.9 cm³/mol. The Balaban J connectivity index is 2.56. The van der Waals surface area contributed by atoms with Crippen molar-refractivity contribution < 1.29 is 13.9 Å². The molecule has 104 valence electrons. The Bertz CT molecular complexity index is 633. The minimum absolute atomic E-state index is 0.0269. The Labute approximate surface area is 125 Å². The fourth-order valence-corrected chi connectivity index (χ4v) is 2.47. The van der Waals surface area contributed by atoms with Gasteiger partial charge < -0.3 is 4.74 Å². The number of carbonyl (C=O) groups is 1. The Hall–Kier alpha value is -1.68. The lowest BCUT2D eigenvalue weighted by Crippen LogP contribution is -2.08. The van der Waals surface area contributed by atoms with Gasteiger partial charge in [0.05, 0.1) is 17.7 Å². The summed E-state index contributed by atoms with van der Waals surface area (Å²) in [6.07, 6.45) is 0. The van der Waals surface area contributed by atoms with Gasteiger partial charge in [0.2, 0.25) is 5.78 Å². The molecular formula is C16H14BrFO2. The van der Waals surface area contributed by atoms with Gasteiger partial charge in [-0.2, -0.15) is 0 Å². The number of benzene rings is 2. The molecule has 2 nitrogen and oxygen atoms in total. The van der Waals surface area contributed by atoms with Crippen molar-refractivity contribution in [1.29, 1.82) is 0 Å². The van der Waals surface area contributed by atoms with E-state index in [4.69, 9.17) is 4.74 Å². The lowest BCUT2D eigenvalue weighted by Gasteiger charge is -2.11. The molecule has 0 atom stereocenters. The topological polar surface area (TPSA) is 26.3 Å². The highest BCUT2D eigenvalue weighted by atomic mass is 79.9. The summed E-state index contributed by atoms with van der Waals surface area (Å²) in [5.41, 5.74) is 1.32. The quantitative estimate of drug-likeness (QED) is 0.767. The molecule has 2 aromatic rings. The van der Waals surface area contributed by atoms with E-state index < -0.39 is 5.82 Å². The van der Waals surface area contributed by atoms with Crippen molar-refractivity contribution in [2.24, 2.45) is 0 Å². The molecule has 0 aliphatic heterocycles. The van der Waals surface area contributed by atoms with E-state index in [2.05, 4.69) is 15.9 Å². The summed E-state index contributed by atoms with van der Waals surface area (Å²) >= 11 is 3.23. The summed E-state index contributed by atoms with van der Waals surface area (Å²) in [5, 5.41) is 0. The zero-order valence-corrected chi connectivity index (χ0v) is 12.8. The van der Waals surface area contributed by atoms with Crippen LogP contribution < -0.4 is 4.74 Å². The summed E-state index contributed by atoms with van der Waals surface area (Å²) in [6.45, 7) is 4.16. The highest BCUT2D eigenvalue weighted by Crippen LogP contribution is 2.28. The highest BCUT2D eigenvalue weighted by Gasteiger charge is 2.20. The molecule has 0 heterocycles. The second kappa shape index (κ2) is 6.18. The molecule has 0 saturated heterocycles. The van der Waals surface area contributed by atoms with E-state index >= 15 is 0 Å². The first kappa shape index (κ1) is 14.7. The first-order valence-electron chi connectivity index (χ1n) is 6.26. The number of ether oxygens (including phenoxy) is 1.